The largest absolute Gasteiger partial charge is 0.508 e. The number of H-pyrrole nitrogens is 1. The van der Waals surface area contributed by atoms with Gasteiger partial charge in [0.1, 0.15) is 17.2 Å². The van der Waals surface area contributed by atoms with E-state index < -0.39 is 17.3 Å². The number of methoxy groups -OCH3 is 1. The second-order valence-electron chi connectivity index (χ2n) is 6.98. The smallest absolute Gasteiger partial charge is 0.416 e. The first-order valence-electron chi connectivity index (χ1n) is 9.34. The maximum Gasteiger partial charge on any atom is 0.416 e. The molecule has 0 amide bonds. The van der Waals surface area contributed by atoms with Crippen molar-refractivity contribution in [1.29, 1.82) is 0 Å². The number of rotatable bonds is 4. The van der Waals surface area contributed by atoms with Crippen LogP contribution in [0.2, 0.25) is 5.02 Å². The number of halogens is 4. The Labute approximate surface area is 185 Å². The number of aromatic amines is 1. The zero-order chi connectivity index (χ0) is 23.0. The van der Waals surface area contributed by atoms with Gasteiger partial charge in [0.15, 0.2) is 0 Å². The highest BCUT2D eigenvalue weighted by atomic mass is 35.5. The molecule has 1 heterocycles. The van der Waals surface area contributed by atoms with Gasteiger partial charge in [-0.3, -0.25) is 4.79 Å². The molecule has 3 N–H and O–H groups in total. The minimum absolute atomic E-state index is 0.00285. The molecule has 5 nitrogen and oxygen atoms in total. The highest BCUT2D eigenvalue weighted by Gasteiger charge is 2.31. The zero-order valence-corrected chi connectivity index (χ0v) is 17.3. The summed E-state index contributed by atoms with van der Waals surface area (Å²) < 4.78 is 45.8. The molecule has 0 unspecified atom stereocenters. The fraction of sp³-hybridized carbons (Fsp3) is 0.0870. The van der Waals surface area contributed by atoms with E-state index in [0.717, 1.165) is 12.1 Å². The zero-order valence-electron chi connectivity index (χ0n) is 16.5. The maximum atomic E-state index is 13.5. The Kier molecular flexibility index (Phi) is 5.48. The Morgan fingerprint density at radius 1 is 1.03 bits per heavy atom. The minimum Gasteiger partial charge on any atom is -0.508 e. The van der Waals surface area contributed by atoms with Crippen LogP contribution in [0.25, 0.3) is 22.0 Å². The number of benzene rings is 3. The van der Waals surface area contributed by atoms with Crippen LogP contribution in [0, 0.1) is 0 Å². The number of hydrogen-bond donors (Lipinski definition) is 3. The number of anilines is 2. The van der Waals surface area contributed by atoms with Crippen molar-refractivity contribution in [3.63, 3.8) is 0 Å². The molecule has 0 radical (unpaired) electrons. The highest BCUT2D eigenvalue weighted by Crippen LogP contribution is 2.42. The van der Waals surface area contributed by atoms with Gasteiger partial charge >= 0.3 is 6.18 Å². The van der Waals surface area contributed by atoms with Gasteiger partial charge in [0.05, 0.1) is 12.7 Å². The summed E-state index contributed by atoms with van der Waals surface area (Å²) in [5.74, 6) is 0.349. The molecule has 0 bridgehead atoms. The highest BCUT2D eigenvalue weighted by molar-refractivity contribution is 6.31. The second kappa shape index (κ2) is 8.12. The number of alkyl halides is 3. The van der Waals surface area contributed by atoms with Crippen molar-refractivity contribution in [3.05, 3.63) is 81.6 Å². The van der Waals surface area contributed by atoms with E-state index in [1.54, 1.807) is 12.1 Å². The van der Waals surface area contributed by atoms with Crippen LogP contribution >= 0.6 is 11.6 Å². The third kappa shape index (κ3) is 4.09. The molecule has 0 aliphatic carbocycles. The molecule has 9 heteroatoms. The van der Waals surface area contributed by atoms with Crippen LogP contribution < -0.4 is 15.6 Å². The molecular weight excluding hydrogens is 445 g/mol. The number of fused-ring (bicyclic) bond motifs is 1. The number of aromatic hydroxyl groups is 1. The molecule has 4 rings (SSSR count). The molecule has 0 spiro atoms. The van der Waals surface area contributed by atoms with Gasteiger partial charge in [0, 0.05) is 32.7 Å². The SMILES string of the molecule is COc1ccc(Cl)cc1-c1c(Nc2ccc(O)cc2)c(=O)[nH]c2ccc(C(F)(F)F)cc12. The van der Waals surface area contributed by atoms with Crippen molar-refractivity contribution in [3.8, 4) is 22.6 Å². The summed E-state index contributed by atoms with van der Waals surface area (Å²) in [5, 5.41) is 12.9. The summed E-state index contributed by atoms with van der Waals surface area (Å²) in [5.41, 5.74) is -0.211. The molecular formula is C23H16ClF3N2O3. The number of phenols is 1. The van der Waals surface area contributed by atoms with Gasteiger partial charge in [0.2, 0.25) is 0 Å². The molecule has 4 aromatic rings. The fourth-order valence-corrected chi connectivity index (χ4v) is 3.61. The average molecular weight is 461 g/mol. The lowest BCUT2D eigenvalue weighted by molar-refractivity contribution is -0.137. The fourth-order valence-electron chi connectivity index (χ4n) is 3.43. The minimum atomic E-state index is -4.58. The van der Waals surface area contributed by atoms with E-state index >= 15 is 0 Å². The first-order chi connectivity index (χ1) is 15.2. The van der Waals surface area contributed by atoms with Crippen LogP contribution in [0.15, 0.2) is 65.5 Å². The van der Waals surface area contributed by atoms with E-state index in [2.05, 4.69) is 10.3 Å². The van der Waals surface area contributed by atoms with Crippen molar-refractivity contribution in [2.24, 2.45) is 0 Å². The number of pyridine rings is 1. The lowest BCUT2D eigenvalue weighted by atomic mass is 9.96. The van der Waals surface area contributed by atoms with Gasteiger partial charge in [-0.05, 0) is 60.7 Å². The molecule has 32 heavy (non-hydrogen) atoms. The van der Waals surface area contributed by atoms with Crippen LogP contribution in [0.5, 0.6) is 11.5 Å². The summed E-state index contributed by atoms with van der Waals surface area (Å²) in [7, 11) is 1.41. The monoisotopic (exact) mass is 460 g/mol. The summed E-state index contributed by atoms with van der Waals surface area (Å²) in [6, 6.07) is 13.7. The van der Waals surface area contributed by atoms with Crippen molar-refractivity contribution in [1.82, 2.24) is 4.98 Å². The third-order valence-corrected chi connectivity index (χ3v) is 5.14. The Morgan fingerprint density at radius 2 is 1.75 bits per heavy atom. The number of phenolic OH excluding ortho intramolecular Hbond substituents is 1. The summed E-state index contributed by atoms with van der Waals surface area (Å²) >= 11 is 6.18. The van der Waals surface area contributed by atoms with Gasteiger partial charge < -0.3 is 20.1 Å². The lowest BCUT2D eigenvalue weighted by Crippen LogP contribution is -2.14. The van der Waals surface area contributed by atoms with E-state index in [1.807, 2.05) is 0 Å². The summed E-state index contributed by atoms with van der Waals surface area (Å²) in [6.45, 7) is 0. The quantitative estimate of drug-likeness (QED) is 0.311. The van der Waals surface area contributed by atoms with Crippen LogP contribution in [-0.4, -0.2) is 17.2 Å². The van der Waals surface area contributed by atoms with E-state index in [4.69, 9.17) is 16.3 Å². The summed E-state index contributed by atoms with van der Waals surface area (Å²) in [4.78, 5) is 15.6. The first kappa shape index (κ1) is 21.6. The Hall–Kier alpha value is -3.65. The van der Waals surface area contributed by atoms with Crippen molar-refractivity contribution in [2.75, 3.05) is 12.4 Å². The predicted molar refractivity (Wildman–Crippen MR) is 118 cm³/mol. The number of hydrogen-bond acceptors (Lipinski definition) is 4. The Bertz CT molecular complexity index is 1370. The van der Waals surface area contributed by atoms with Crippen molar-refractivity contribution < 1.29 is 23.0 Å². The first-order valence-corrected chi connectivity index (χ1v) is 9.72. The van der Waals surface area contributed by atoms with Crippen LogP contribution in [0.3, 0.4) is 0 Å². The van der Waals surface area contributed by atoms with Gasteiger partial charge in [-0.2, -0.15) is 13.2 Å². The maximum absolute atomic E-state index is 13.5. The number of ether oxygens (including phenoxy) is 1. The molecule has 0 saturated carbocycles. The van der Waals surface area contributed by atoms with E-state index in [1.165, 1.54) is 43.5 Å². The topological polar surface area (TPSA) is 74.3 Å². The normalized spacial score (nSPS) is 11.5. The molecule has 164 valence electrons. The number of nitrogens with one attached hydrogen (secondary N) is 2. The second-order valence-corrected chi connectivity index (χ2v) is 7.42. The van der Waals surface area contributed by atoms with Gasteiger partial charge in [-0.25, -0.2) is 0 Å². The molecule has 0 aliphatic rings. The molecule has 0 aliphatic heterocycles. The molecule has 0 fully saturated rings. The van der Waals surface area contributed by atoms with Gasteiger partial charge in [-0.1, -0.05) is 11.6 Å². The predicted octanol–water partition coefficient (Wildman–Crippen LogP) is 6.33. The van der Waals surface area contributed by atoms with Gasteiger partial charge in [-0.15, -0.1) is 0 Å². The number of aromatic nitrogens is 1. The van der Waals surface area contributed by atoms with Crippen molar-refractivity contribution in [2.45, 2.75) is 6.18 Å². The Balaban J connectivity index is 2.09. The summed E-state index contributed by atoms with van der Waals surface area (Å²) in [6.07, 6.45) is -4.58. The molecule has 0 atom stereocenters. The third-order valence-electron chi connectivity index (χ3n) is 4.91. The van der Waals surface area contributed by atoms with Crippen molar-refractivity contribution >= 4 is 33.9 Å². The molecule has 3 aromatic carbocycles. The Morgan fingerprint density at radius 3 is 2.41 bits per heavy atom. The van der Waals surface area contributed by atoms with E-state index in [0.29, 0.717) is 22.0 Å². The standard InChI is InChI=1S/C23H16ClF3N2O3/c1-32-19-9-3-13(24)11-17(19)20-16-10-12(23(25,26)27)2-8-18(16)29-22(31)21(20)28-14-4-6-15(30)7-5-14/h2-11,28,30H,1H3,(H,29,31). The van der Waals surface area contributed by atoms with Gasteiger partial charge in [0.25, 0.3) is 5.56 Å². The average Bonchev–Trinajstić information content (AvgIpc) is 2.74. The van der Waals surface area contributed by atoms with Crippen LogP contribution in [-0.2, 0) is 6.18 Å². The molecule has 1 aromatic heterocycles. The molecule has 0 saturated heterocycles. The lowest BCUT2D eigenvalue weighted by Gasteiger charge is -2.18. The van der Waals surface area contributed by atoms with Crippen LogP contribution in [0.4, 0.5) is 24.5 Å². The van der Waals surface area contributed by atoms with Crippen LogP contribution in [0.1, 0.15) is 5.56 Å². The van der Waals surface area contributed by atoms with E-state index in [9.17, 15) is 23.1 Å². The van der Waals surface area contributed by atoms with E-state index in [-0.39, 0.29) is 27.9 Å².